The van der Waals surface area contributed by atoms with Crippen LogP contribution in [0.3, 0.4) is 0 Å². The molecule has 0 fully saturated rings. The third-order valence-corrected chi connectivity index (χ3v) is 2.34. The Morgan fingerprint density at radius 1 is 1.54 bits per heavy atom. The van der Waals surface area contributed by atoms with E-state index in [4.69, 9.17) is 5.11 Å². The van der Waals surface area contributed by atoms with Crippen molar-refractivity contribution in [1.29, 1.82) is 0 Å². The van der Waals surface area contributed by atoms with E-state index in [0.717, 1.165) is 10.0 Å². The van der Waals surface area contributed by atoms with E-state index in [9.17, 15) is 4.79 Å². The molecule has 3 heteroatoms. The number of hydrogen-bond acceptors (Lipinski definition) is 1. The maximum absolute atomic E-state index is 10.1. The molecule has 0 spiro atoms. The predicted molar refractivity (Wildman–Crippen MR) is 53.4 cm³/mol. The lowest BCUT2D eigenvalue weighted by Gasteiger charge is -1.96. The van der Waals surface area contributed by atoms with Gasteiger partial charge in [-0.1, -0.05) is 27.9 Å². The summed E-state index contributed by atoms with van der Waals surface area (Å²) in [6.45, 7) is 1.96. The van der Waals surface area contributed by atoms with E-state index >= 15 is 0 Å². The highest BCUT2D eigenvalue weighted by atomic mass is 79.9. The first-order valence-electron chi connectivity index (χ1n) is 3.60. The van der Waals surface area contributed by atoms with E-state index in [1.165, 1.54) is 0 Å². The van der Waals surface area contributed by atoms with Crippen molar-refractivity contribution in [2.75, 3.05) is 0 Å². The smallest absolute Gasteiger partial charge is 0.382 e. The SMILES string of the molecule is Cc1ccc(C#CC(=O)O)cc1Br. The van der Waals surface area contributed by atoms with Crippen molar-refractivity contribution < 1.29 is 9.90 Å². The molecule has 0 aromatic heterocycles. The molecule has 0 atom stereocenters. The van der Waals surface area contributed by atoms with E-state index in [-0.39, 0.29) is 0 Å². The number of carbonyl (C=O) groups is 1. The first-order chi connectivity index (χ1) is 6.09. The molecule has 0 aliphatic carbocycles. The second-order valence-electron chi connectivity index (χ2n) is 2.52. The number of benzene rings is 1. The maximum atomic E-state index is 10.1. The molecule has 0 heterocycles. The molecule has 1 aromatic carbocycles. The molecule has 0 unspecified atom stereocenters. The first kappa shape index (κ1) is 9.82. The first-order valence-corrected chi connectivity index (χ1v) is 4.40. The summed E-state index contributed by atoms with van der Waals surface area (Å²) >= 11 is 3.34. The van der Waals surface area contributed by atoms with Crippen molar-refractivity contribution in [1.82, 2.24) is 0 Å². The summed E-state index contributed by atoms with van der Waals surface area (Å²) in [7, 11) is 0. The molecule has 0 bridgehead atoms. The van der Waals surface area contributed by atoms with E-state index < -0.39 is 5.97 Å². The molecular weight excluding hydrogens is 232 g/mol. The summed E-state index contributed by atoms with van der Waals surface area (Å²) < 4.78 is 0.935. The molecular formula is C10H7BrO2. The summed E-state index contributed by atoms with van der Waals surface area (Å²) in [6, 6.07) is 5.47. The van der Waals surface area contributed by atoms with E-state index in [1.807, 2.05) is 13.0 Å². The fourth-order valence-electron chi connectivity index (χ4n) is 0.796. The second-order valence-corrected chi connectivity index (χ2v) is 3.37. The maximum Gasteiger partial charge on any atom is 0.382 e. The van der Waals surface area contributed by atoms with E-state index in [1.54, 1.807) is 12.1 Å². The molecule has 0 radical (unpaired) electrons. The standard InChI is InChI=1S/C10H7BrO2/c1-7-2-3-8(6-9(7)11)4-5-10(12)13/h2-3,6H,1H3,(H,12,13). The van der Waals surface area contributed by atoms with Crippen molar-refractivity contribution in [2.24, 2.45) is 0 Å². The average Bonchev–Trinajstić information content (AvgIpc) is 2.07. The summed E-state index contributed by atoms with van der Waals surface area (Å²) in [4.78, 5) is 10.1. The minimum absolute atomic E-state index is 0.694. The van der Waals surface area contributed by atoms with Gasteiger partial charge >= 0.3 is 5.97 Å². The Kier molecular flexibility index (Phi) is 3.10. The van der Waals surface area contributed by atoms with E-state index in [0.29, 0.717) is 5.56 Å². The van der Waals surface area contributed by atoms with Crippen molar-refractivity contribution in [3.8, 4) is 11.8 Å². The Labute approximate surface area is 84.7 Å². The summed E-state index contributed by atoms with van der Waals surface area (Å²) in [5, 5.41) is 8.31. The zero-order valence-corrected chi connectivity index (χ0v) is 8.55. The molecule has 1 N–H and O–H groups in total. The highest BCUT2D eigenvalue weighted by Crippen LogP contribution is 2.16. The molecule has 0 saturated carbocycles. The highest BCUT2D eigenvalue weighted by molar-refractivity contribution is 9.10. The van der Waals surface area contributed by atoms with Gasteiger partial charge in [-0.2, -0.15) is 0 Å². The average molecular weight is 239 g/mol. The third kappa shape index (κ3) is 2.92. The number of carboxylic acids is 1. The molecule has 0 aliphatic heterocycles. The van der Waals surface area contributed by atoms with Gasteiger partial charge < -0.3 is 5.11 Å². The van der Waals surface area contributed by atoms with Crippen molar-refractivity contribution >= 4 is 21.9 Å². The van der Waals surface area contributed by atoms with Gasteiger partial charge in [0.05, 0.1) is 0 Å². The Hall–Kier alpha value is -1.27. The number of rotatable bonds is 0. The molecule has 1 aromatic rings. The topological polar surface area (TPSA) is 37.3 Å². The normalized spacial score (nSPS) is 8.77. The fraction of sp³-hybridized carbons (Fsp3) is 0.100. The lowest BCUT2D eigenvalue weighted by molar-refractivity contribution is -0.130. The molecule has 13 heavy (non-hydrogen) atoms. The van der Waals surface area contributed by atoms with Gasteiger partial charge in [0, 0.05) is 16.0 Å². The van der Waals surface area contributed by atoms with Crippen LogP contribution in [0.2, 0.25) is 0 Å². The monoisotopic (exact) mass is 238 g/mol. The minimum atomic E-state index is -1.11. The van der Waals surface area contributed by atoms with Crippen molar-refractivity contribution in [3.63, 3.8) is 0 Å². The van der Waals surface area contributed by atoms with Crippen LogP contribution in [-0.4, -0.2) is 11.1 Å². The number of aliphatic carboxylic acids is 1. The van der Waals surface area contributed by atoms with Crippen molar-refractivity contribution in [2.45, 2.75) is 6.92 Å². The number of halogens is 1. The van der Waals surface area contributed by atoms with Crippen LogP contribution in [0, 0.1) is 18.8 Å². The van der Waals surface area contributed by atoms with Gasteiger partial charge in [0.15, 0.2) is 0 Å². The second kappa shape index (κ2) is 4.11. The lowest BCUT2D eigenvalue weighted by Crippen LogP contribution is -1.87. The summed E-state index contributed by atoms with van der Waals surface area (Å²) in [5.74, 6) is 3.47. The Morgan fingerprint density at radius 2 is 2.23 bits per heavy atom. The van der Waals surface area contributed by atoms with Gasteiger partial charge in [0.25, 0.3) is 0 Å². The number of aryl methyl sites for hydroxylation is 1. The predicted octanol–water partition coefficient (Wildman–Crippen LogP) is 2.19. The third-order valence-electron chi connectivity index (χ3n) is 1.49. The van der Waals surface area contributed by atoms with Crippen LogP contribution in [0.4, 0.5) is 0 Å². The van der Waals surface area contributed by atoms with Gasteiger partial charge in [-0.25, -0.2) is 4.79 Å². The zero-order valence-electron chi connectivity index (χ0n) is 6.97. The van der Waals surface area contributed by atoms with Crippen LogP contribution in [0.1, 0.15) is 11.1 Å². The van der Waals surface area contributed by atoms with Crippen LogP contribution < -0.4 is 0 Å². The van der Waals surface area contributed by atoms with E-state index in [2.05, 4.69) is 27.8 Å². The fourth-order valence-corrected chi connectivity index (χ4v) is 1.18. The summed E-state index contributed by atoms with van der Waals surface area (Å²) in [6.07, 6.45) is 0. The number of hydrogen-bond donors (Lipinski definition) is 1. The quantitative estimate of drug-likeness (QED) is 0.704. The van der Waals surface area contributed by atoms with Crippen LogP contribution >= 0.6 is 15.9 Å². The van der Waals surface area contributed by atoms with Gasteiger partial charge in [0.1, 0.15) is 0 Å². The lowest BCUT2D eigenvalue weighted by atomic mass is 10.1. The zero-order chi connectivity index (χ0) is 9.84. The Bertz CT molecular complexity index is 399. The molecule has 0 amide bonds. The highest BCUT2D eigenvalue weighted by Gasteiger charge is 1.94. The number of carboxylic acid groups (broad SMARTS) is 1. The largest absolute Gasteiger partial charge is 0.472 e. The van der Waals surface area contributed by atoms with Crippen LogP contribution in [0.15, 0.2) is 22.7 Å². The molecule has 0 aliphatic rings. The molecule has 1 rings (SSSR count). The van der Waals surface area contributed by atoms with Crippen LogP contribution in [0.25, 0.3) is 0 Å². The van der Waals surface area contributed by atoms with Crippen LogP contribution in [0.5, 0.6) is 0 Å². The molecule has 0 saturated heterocycles. The molecule has 66 valence electrons. The van der Waals surface area contributed by atoms with Gasteiger partial charge in [0.2, 0.25) is 0 Å². The van der Waals surface area contributed by atoms with Gasteiger partial charge in [-0.3, -0.25) is 0 Å². The Morgan fingerprint density at radius 3 is 2.77 bits per heavy atom. The van der Waals surface area contributed by atoms with Gasteiger partial charge in [-0.05, 0) is 24.6 Å². The summed E-state index contributed by atoms with van der Waals surface area (Å²) in [5.41, 5.74) is 1.79. The van der Waals surface area contributed by atoms with Crippen molar-refractivity contribution in [3.05, 3.63) is 33.8 Å². The molecule has 2 nitrogen and oxygen atoms in total. The minimum Gasteiger partial charge on any atom is -0.472 e. The Balaban J connectivity index is 3.00. The van der Waals surface area contributed by atoms with Gasteiger partial charge in [-0.15, -0.1) is 0 Å². The van der Waals surface area contributed by atoms with Crippen LogP contribution in [-0.2, 0) is 4.79 Å².